The highest BCUT2D eigenvalue weighted by molar-refractivity contribution is 6.05. The van der Waals surface area contributed by atoms with Gasteiger partial charge in [-0.25, -0.2) is 0 Å². The Kier molecular flexibility index (Phi) is 8.20. The first kappa shape index (κ1) is 23.0. The lowest BCUT2D eigenvalue weighted by Crippen LogP contribution is -2.52. The van der Waals surface area contributed by atoms with Gasteiger partial charge >= 0.3 is 5.97 Å². The van der Waals surface area contributed by atoms with Gasteiger partial charge in [0.25, 0.3) is 5.91 Å². The molecule has 0 spiro atoms. The van der Waals surface area contributed by atoms with Gasteiger partial charge in [0.05, 0.1) is 6.54 Å². The van der Waals surface area contributed by atoms with Crippen LogP contribution in [0, 0.1) is 0 Å². The SMILES string of the molecule is CCCCCCCCCCC(=O)Oc1cccc2c1CN(C1CCC(=O)NC1=O)C2=O. The lowest BCUT2D eigenvalue weighted by atomic mass is 10.0. The minimum absolute atomic E-state index is 0.196. The van der Waals surface area contributed by atoms with Crippen LogP contribution in [0.2, 0.25) is 0 Å². The molecule has 168 valence electrons. The molecule has 1 aromatic carbocycles. The molecule has 0 aliphatic carbocycles. The molecule has 3 amide bonds. The van der Waals surface area contributed by atoms with Crippen molar-refractivity contribution in [3.8, 4) is 5.75 Å². The number of nitrogens with one attached hydrogen (secondary N) is 1. The van der Waals surface area contributed by atoms with Gasteiger partial charge in [0.15, 0.2) is 0 Å². The fourth-order valence-electron chi connectivity index (χ4n) is 4.23. The molecule has 0 bridgehead atoms. The number of hydrogen-bond acceptors (Lipinski definition) is 5. The van der Waals surface area contributed by atoms with Gasteiger partial charge in [0.1, 0.15) is 11.8 Å². The molecule has 1 atom stereocenters. The van der Waals surface area contributed by atoms with Crippen LogP contribution in [0.5, 0.6) is 5.75 Å². The zero-order valence-electron chi connectivity index (χ0n) is 18.3. The van der Waals surface area contributed by atoms with E-state index in [2.05, 4.69) is 12.2 Å². The zero-order chi connectivity index (χ0) is 22.2. The van der Waals surface area contributed by atoms with Crippen molar-refractivity contribution in [2.24, 2.45) is 0 Å². The topological polar surface area (TPSA) is 92.8 Å². The van der Waals surface area contributed by atoms with E-state index in [4.69, 9.17) is 4.74 Å². The average molecular weight is 429 g/mol. The summed E-state index contributed by atoms with van der Waals surface area (Å²) in [6.07, 6.45) is 10.1. The lowest BCUT2D eigenvalue weighted by Gasteiger charge is -2.29. The molecule has 1 saturated heterocycles. The van der Waals surface area contributed by atoms with Crippen LogP contribution in [0.4, 0.5) is 0 Å². The number of unbranched alkanes of at least 4 members (excludes halogenated alkanes) is 7. The number of fused-ring (bicyclic) bond motifs is 1. The van der Waals surface area contributed by atoms with Crippen molar-refractivity contribution >= 4 is 23.7 Å². The molecular formula is C24H32N2O5. The minimum atomic E-state index is -0.682. The van der Waals surface area contributed by atoms with Crippen molar-refractivity contribution in [1.82, 2.24) is 10.2 Å². The molecule has 3 rings (SSSR count). The lowest BCUT2D eigenvalue weighted by molar-refractivity contribution is -0.137. The summed E-state index contributed by atoms with van der Waals surface area (Å²) in [5.74, 6) is -0.964. The first-order valence-electron chi connectivity index (χ1n) is 11.5. The fraction of sp³-hybridized carbons (Fsp3) is 0.583. The highest BCUT2D eigenvalue weighted by atomic mass is 16.5. The number of benzene rings is 1. The van der Waals surface area contributed by atoms with Crippen LogP contribution in [0.25, 0.3) is 0 Å². The smallest absolute Gasteiger partial charge is 0.311 e. The summed E-state index contributed by atoms with van der Waals surface area (Å²) in [7, 11) is 0. The number of esters is 1. The van der Waals surface area contributed by atoms with Crippen molar-refractivity contribution in [2.45, 2.75) is 90.1 Å². The Balaban J connectivity index is 1.50. The number of hydrogen-bond donors (Lipinski definition) is 1. The summed E-state index contributed by atoms with van der Waals surface area (Å²) in [5, 5.41) is 2.29. The van der Waals surface area contributed by atoms with Gasteiger partial charge in [-0.1, -0.05) is 57.9 Å². The Morgan fingerprint density at radius 3 is 2.48 bits per heavy atom. The van der Waals surface area contributed by atoms with E-state index in [0.717, 1.165) is 19.3 Å². The Morgan fingerprint density at radius 1 is 1.06 bits per heavy atom. The molecule has 7 nitrogen and oxygen atoms in total. The predicted octanol–water partition coefficient (Wildman–Crippen LogP) is 3.88. The summed E-state index contributed by atoms with van der Waals surface area (Å²) >= 11 is 0. The van der Waals surface area contributed by atoms with Crippen molar-refractivity contribution in [3.05, 3.63) is 29.3 Å². The maximum absolute atomic E-state index is 12.8. The second-order valence-corrected chi connectivity index (χ2v) is 8.38. The van der Waals surface area contributed by atoms with Crippen molar-refractivity contribution in [3.63, 3.8) is 0 Å². The Morgan fingerprint density at radius 2 is 1.77 bits per heavy atom. The van der Waals surface area contributed by atoms with Gasteiger partial charge in [0.2, 0.25) is 11.8 Å². The number of carbonyl (C=O) groups excluding carboxylic acids is 4. The summed E-state index contributed by atoms with van der Waals surface area (Å²) < 4.78 is 5.57. The maximum atomic E-state index is 12.8. The second-order valence-electron chi connectivity index (χ2n) is 8.38. The zero-order valence-corrected chi connectivity index (χ0v) is 18.3. The molecular weight excluding hydrogens is 396 g/mol. The molecule has 2 aliphatic heterocycles. The molecule has 31 heavy (non-hydrogen) atoms. The third-order valence-electron chi connectivity index (χ3n) is 6.00. The molecule has 2 aliphatic rings. The van der Waals surface area contributed by atoms with Gasteiger partial charge in [-0.2, -0.15) is 0 Å². The standard InChI is InChI=1S/C24H32N2O5/c1-2-3-4-5-6-7-8-9-13-22(28)31-20-12-10-11-17-18(20)16-26(24(17)30)19-14-15-21(27)25-23(19)29/h10-12,19H,2-9,13-16H2,1H3,(H,25,27,29). The maximum Gasteiger partial charge on any atom is 0.311 e. The molecule has 1 N–H and O–H groups in total. The van der Waals surface area contributed by atoms with Crippen LogP contribution in [0.15, 0.2) is 18.2 Å². The Hall–Kier alpha value is -2.70. The van der Waals surface area contributed by atoms with E-state index in [9.17, 15) is 19.2 Å². The average Bonchev–Trinajstić information content (AvgIpc) is 3.07. The van der Waals surface area contributed by atoms with Crippen LogP contribution in [-0.4, -0.2) is 34.6 Å². The van der Waals surface area contributed by atoms with Gasteiger partial charge in [-0.05, 0) is 25.0 Å². The van der Waals surface area contributed by atoms with Crippen molar-refractivity contribution < 1.29 is 23.9 Å². The monoisotopic (exact) mass is 428 g/mol. The molecule has 0 radical (unpaired) electrons. The number of imide groups is 1. The fourth-order valence-corrected chi connectivity index (χ4v) is 4.23. The first-order valence-corrected chi connectivity index (χ1v) is 11.5. The quantitative estimate of drug-likeness (QED) is 0.250. The summed E-state index contributed by atoms with van der Waals surface area (Å²) in [6.45, 7) is 2.40. The van der Waals surface area contributed by atoms with Crippen molar-refractivity contribution in [1.29, 1.82) is 0 Å². The summed E-state index contributed by atoms with van der Waals surface area (Å²) in [6, 6.07) is 4.37. The number of carbonyl (C=O) groups is 4. The minimum Gasteiger partial charge on any atom is -0.426 e. The number of piperidine rings is 1. The molecule has 1 fully saturated rings. The van der Waals surface area contributed by atoms with Gasteiger partial charge in [-0.15, -0.1) is 0 Å². The summed E-state index contributed by atoms with van der Waals surface area (Å²) in [4.78, 5) is 50.2. The highest BCUT2D eigenvalue weighted by Gasteiger charge is 2.40. The van der Waals surface area contributed by atoms with Gasteiger partial charge < -0.3 is 9.64 Å². The van der Waals surface area contributed by atoms with E-state index in [0.29, 0.717) is 29.7 Å². The van der Waals surface area contributed by atoms with E-state index >= 15 is 0 Å². The molecule has 2 heterocycles. The number of rotatable bonds is 11. The molecule has 0 aromatic heterocycles. The number of amides is 3. The Bertz CT molecular complexity index is 835. The first-order chi connectivity index (χ1) is 15.0. The summed E-state index contributed by atoms with van der Waals surface area (Å²) in [5.41, 5.74) is 1.07. The van der Waals surface area contributed by atoms with Crippen LogP contribution in [0.3, 0.4) is 0 Å². The highest BCUT2D eigenvalue weighted by Crippen LogP contribution is 2.33. The second kappa shape index (κ2) is 11.1. The van der Waals surface area contributed by atoms with Crippen LogP contribution in [-0.2, 0) is 20.9 Å². The Labute approximate surface area is 183 Å². The number of nitrogens with zero attached hydrogens (tertiary/aromatic N) is 1. The third-order valence-corrected chi connectivity index (χ3v) is 6.00. The molecule has 7 heteroatoms. The largest absolute Gasteiger partial charge is 0.426 e. The van der Waals surface area contributed by atoms with E-state index < -0.39 is 11.9 Å². The molecule has 1 aromatic rings. The molecule has 1 unspecified atom stereocenters. The van der Waals surface area contributed by atoms with E-state index in [-0.39, 0.29) is 30.7 Å². The van der Waals surface area contributed by atoms with E-state index in [1.165, 1.54) is 37.0 Å². The van der Waals surface area contributed by atoms with Crippen LogP contribution >= 0.6 is 0 Å². The normalized spacial score (nSPS) is 18.2. The predicted molar refractivity (Wildman–Crippen MR) is 115 cm³/mol. The number of ether oxygens (including phenoxy) is 1. The van der Waals surface area contributed by atoms with Crippen molar-refractivity contribution in [2.75, 3.05) is 0 Å². The van der Waals surface area contributed by atoms with Crippen LogP contribution < -0.4 is 10.1 Å². The van der Waals surface area contributed by atoms with E-state index in [1.54, 1.807) is 18.2 Å². The van der Waals surface area contributed by atoms with E-state index in [1.807, 2.05) is 0 Å². The van der Waals surface area contributed by atoms with Gasteiger partial charge in [0, 0.05) is 24.0 Å². The van der Waals surface area contributed by atoms with Crippen LogP contribution in [0.1, 0.15) is 93.5 Å². The third kappa shape index (κ3) is 5.93. The van der Waals surface area contributed by atoms with Gasteiger partial charge in [-0.3, -0.25) is 24.5 Å². The molecule has 0 saturated carbocycles.